The third-order valence-corrected chi connectivity index (χ3v) is 4.46. The summed E-state index contributed by atoms with van der Waals surface area (Å²) in [5.74, 6) is 0.908. The van der Waals surface area contributed by atoms with Crippen molar-refractivity contribution in [3.63, 3.8) is 0 Å². The van der Waals surface area contributed by atoms with Gasteiger partial charge < -0.3 is 20.1 Å². The SMILES string of the molecule is CCOc1cccc(CNC(=NC)NCc2ccc(C)s2)c1OC(F)F.I. The highest BCUT2D eigenvalue weighted by molar-refractivity contribution is 14.0. The highest BCUT2D eigenvalue weighted by Gasteiger charge is 2.16. The summed E-state index contributed by atoms with van der Waals surface area (Å²) in [7, 11) is 1.65. The molecule has 0 fully saturated rings. The zero-order valence-corrected chi connectivity index (χ0v) is 18.6. The Hall–Kier alpha value is -1.62. The number of aliphatic imine (C=N–C) groups is 1. The molecular formula is C18H24F2IN3O2S. The Morgan fingerprint density at radius 1 is 1.19 bits per heavy atom. The van der Waals surface area contributed by atoms with Crippen molar-refractivity contribution in [3.05, 3.63) is 45.6 Å². The maximum atomic E-state index is 12.8. The zero-order chi connectivity index (χ0) is 18.9. The number of benzene rings is 1. The molecule has 0 saturated carbocycles. The van der Waals surface area contributed by atoms with Crippen molar-refractivity contribution in [1.29, 1.82) is 0 Å². The van der Waals surface area contributed by atoms with Crippen molar-refractivity contribution < 1.29 is 18.3 Å². The van der Waals surface area contributed by atoms with Gasteiger partial charge in [0, 0.05) is 28.9 Å². The Labute approximate surface area is 179 Å². The number of ether oxygens (including phenoxy) is 2. The third-order valence-electron chi connectivity index (χ3n) is 3.46. The van der Waals surface area contributed by atoms with Gasteiger partial charge in [-0.2, -0.15) is 8.78 Å². The van der Waals surface area contributed by atoms with Crippen LogP contribution in [-0.4, -0.2) is 26.2 Å². The smallest absolute Gasteiger partial charge is 0.387 e. The first kappa shape index (κ1) is 23.4. The van der Waals surface area contributed by atoms with Gasteiger partial charge in [0.15, 0.2) is 17.5 Å². The molecule has 0 amide bonds. The molecule has 2 N–H and O–H groups in total. The van der Waals surface area contributed by atoms with Crippen LogP contribution in [0.25, 0.3) is 0 Å². The fourth-order valence-electron chi connectivity index (χ4n) is 2.34. The van der Waals surface area contributed by atoms with Crippen LogP contribution in [-0.2, 0) is 13.1 Å². The van der Waals surface area contributed by atoms with Gasteiger partial charge in [0.2, 0.25) is 0 Å². The van der Waals surface area contributed by atoms with E-state index in [0.717, 1.165) is 0 Å². The van der Waals surface area contributed by atoms with Gasteiger partial charge >= 0.3 is 6.61 Å². The van der Waals surface area contributed by atoms with Crippen LogP contribution in [0.1, 0.15) is 22.2 Å². The molecule has 0 bridgehead atoms. The molecule has 0 aliphatic rings. The molecule has 0 aliphatic carbocycles. The fourth-order valence-corrected chi connectivity index (χ4v) is 3.17. The molecule has 1 heterocycles. The summed E-state index contributed by atoms with van der Waals surface area (Å²) in [6, 6.07) is 9.18. The Bertz CT molecular complexity index is 741. The van der Waals surface area contributed by atoms with E-state index in [-0.39, 0.29) is 36.3 Å². The van der Waals surface area contributed by atoms with E-state index in [0.29, 0.717) is 30.4 Å². The van der Waals surface area contributed by atoms with Crippen LogP contribution >= 0.6 is 35.3 Å². The molecule has 5 nitrogen and oxygen atoms in total. The maximum Gasteiger partial charge on any atom is 0.387 e. The number of halogens is 3. The van der Waals surface area contributed by atoms with E-state index in [1.54, 1.807) is 43.5 Å². The normalized spacial score (nSPS) is 11.1. The minimum atomic E-state index is -2.92. The number of thiophene rings is 1. The van der Waals surface area contributed by atoms with Crippen LogP contribution in [0.4, 0.5) is 8.78 Å². The number of alkyl halides is 2. The van der Waals surface area contributed by atoms with Crippen molar-refractivity contribution in [2.45, 2.75) is 33.5 Å². The van der Waals surface area contributed by atoms with E-state index in [2.05, 4.69) is 39.4 Å². The molecule has 9 heteroatoms. The first-order valence-electron chi connectivity index (χ1n) is 8.22. The zero-order valence-electron chi connectivity index (χ0n) is 15.4. The average molecular weight is 511 g/mol. The molecule has 0 spiro atoms. The van der Waals surface area contributed by atoms with Crippen molar-refractivity contribution in [3.8, 4) is 11.5 Å². The van der Waals surface area contributed by atoms with Gasteiger partial charge in [0.25, 0.3) is 0 Å². The quantitative estimate of drug-likeness (QED) is 0.311. The Morgan fingerprint density at radius 2 is 1.93 bits per heavy atom. The van der Waals surface area contributed by atoms with E-state index in [1.165, 1.54) is 9.75 Å². The lowest BCUT2D eigenvalue weighted by Crippen LogP contribution is -2.36. The number of guanidine groups is 1. The van der Waals surface area contributed by atoms with Crippen molar-refractivity contribution in [2.24, 2.45) is 4.99 Å². The second kappa shape index (κ2) is 12.0. The summed E-state index contributed by atoms with van der Waals surface area (Å²) in [6.45, 7) is 2.19. The minimum Gasteiger partial charge on any atom is -0.490 e. The van der Waals surface area contributed by atoms with Gasteiger partial charge in [-0.15, -0.1) is 35.3 Å². The number of nitrogens with zero attached hydrogens (tertiary/aromatic N) is 1. The number of aryl methyl sites for hydroxylation is 1. The molecule has 27 heavy (non-hydrogen) atoms. The first-order valence-corrected chi connectivity index (χ1v) is 9.04. The Morgan fingerprint density at radius 3 is 2.52 bits per heavy atom. The largest absolute Gasteiger partial charge is 0.490 e. The second-order valence-corrected chi connectivity index (χ2v) is 6.72. The minimum absolute atomic E-state index is 0. The van der Waals surface area contributed by atoms with E-state index in [9.17, 15) is 8.78 Å². The second-order valence-electron chi connectivity index (χ2n) is 5.35. The monoisotopic (exact) mass is 511 g/mol. The average Bonchev–Trinajstić information content (AvgIpc) is 3.02. The highest BCUT2D eigenvalue weighted by Crippen LogP contribution is 2.32. The lowest BCUT2D eigenvalue weighted by atomic mass is 10.2. The molecule has 1 aromatic carbocycles. The van der Waals surface area contributed by atoms with Crippen LogP contribution < -0.4 is 20.1 Å². The van der Waals surface area contributed by atoms with E-state index in [4.69, 9.17) is 4.74 Å². The number of hydrogen-bond acceptors (Lipinski definition) is 4. The van der Waals surface area contributed by atoms with Gasteiger partial charge in [-0.25, -0.2) is 0 Å². The molecular weight excluding hydrogens is 487 g/mol. The molecule has 2 rings (SSSR count). The number of hydrogen-bond donors (Lipinski definition) is 2. The van der Waals surface area contributed by atoms with E-state index < -0.39 is 6.61 Å². The predicted molar refractivity (Wildman–Crippen MR) is 116 cm³/mol. The van der Waals surface area contributed by atoms with Crippen LogP contribution in [0.15, 0.2) is 35.3 Å². The summed E-state index contributed by atoms with van der Waals surface area (Å²) < 4.78 is 35.6. The maximum absolute atomic E-state index is 12.8. The van der Waals surface area contributed by atoms with Crippen LogP contribution in [0.2, 0.25) is 0 Å². The van der Waals surface area contributed by atoms with Gasteiger partial charge in [0.05, 0.1) is 13.2 Å². The summed E-state index contributed by atoms with van der Waals surface area (Å²) in [5.41, 5.74) is 0.561. The van der Waals surface area contributed by atoms with Crippen molar-refractivity contribution >= 4 is 41.3 Å². The van der Waals surface area contributed by atoms with Crippen LogP contribution in [0, 0.1) is 6.92 Å². The molecule has 0 atom stereocenters. The summed E-state index contributed by atoms with van der Waals surface area (Å²) in [5, 5.41) is 6.31. The lowest BCUT2D eigenvalue weighted by Gasteiger charge is -2.17. The highest BCUT2D eigenvalue weighted by atomic mass is 127. The molecule has 2 aromatic rings. The molecule has 0 unspecified atom stereocenters. The fraction of sp³-hybridized carbons (Fsp3) is 0.389. The number of para-hydroxylation sites is 1. The summed E-state index contributed by atoms with van der Waals surface area (Å²) in [6.07, 6.45) is 0. The van der Waals surface area contributed by atoms with Crippen LogP contribution in [0.3, 0.4) is 0 Å². The molecule has 0 radical (unpaired) electrons. The standard InChI is InChI=1S/C18H23F2N3O2S.HI/c1-4-24-15-7-5-6-13(16(15)25-17(19)20)10-22-18(21-3)23-11-14-9-8-12(2)26-14;/h5-9,17H,4,10-11H2,1-3H3,(H2,21,22,23);1H. The third kappa shape index (κ3) is 7.49. The van der Waals surface area contributed by atoms with Gasteiger partial charge in [-0.3, -0.25) is 4.99 Å². The van der Waals surface area contributed by atoms with Crippen LogP contribution in [0.5, 0.6) is 11.5 Å². The molecule has 150 valence electrons. The molecule has 0 saturated heterocycles. The van der Waals surface area contributed by atoms with Crippen molar-refractivity contribution in [1.82, 2.24) is 10.6 Å². The first-order chi connectivity index (χ1) is 12.5. The van der Waals surface area contributed by atoms with Crippen molar-refractivity contribution in [2.75, 3.05) is 13.7 Å². The molecule has 1 aromatic heterocycles. The Kier molecular flexibility index (Phi) is 10.4. The molecule has 0 aliphatic heterocycles. The number of rotatable bonds is 8. The Balaban J connectivity index is 0.00000364. The van der Waals surface area contributed by atoms with Gasteiger partial charge in [0.1, 0.15) is 0 Å². The topological polar surface area (TPSA) is 54.9 Å². The summed E-state index contributed by atoms with van der Waals surface area (Å²) >= 11 is 1.71. The number of nitrogens with one attached hydrogen (secondary N) is 2. The predicted octanol–water partition coefficient (Wildman–Crippen LogP) is 4.54. The summed E-state index contributed by atoms with van der Waals surface area (Å²) in [4.78, 5) is 6.58. The van der Waals surface area contributed by atoms with Gasteiger partial charge in [-0.1, -0.05) is 12.1 Å². The van der Waals surface area contributed by atoms with E-state index >= 15 is 0 Å². The van der Waals surface area contributed by atoms with Gasteiger partial charge in [-0.05, 0) is 32.0 Å². The van der Waals surface area contributed by atoms with E-state index in [1.807, 2.05) is 0 Å². The lowest BCUT2D eigenvalue weighted by molar-refractivity contribution is -0.0520.